The van der Waals surface area contributed by atoms with Crippen LogP contribution in [0.1, 0.15) is 40.3 Å². The van der Waals surface area contributed by atoms with Gasteiger partial charge in [0.1, 0.15) is 5.60 Å². The van der Waals surface area contributed by atoms with Crippen LogP contribution < -0.4 is 10.5 Å². The SMILES string of the molecule is CCOc1nc(N)nc2c1ncn2[C@@H]1O[C@]23CO[P@](=O)(OC(C)C)O[C@@]2(C3)[C@@]1(C)F. The summed E-state index contributed by atoms with van der Waals surface area (Å²) in [5, 5.41) is 0. The van der Waals surface area contributed by atoms with Crippen LogP contribution in [0.5, 0.6) is 5.88 Å². The van der Waals surface area contributed by atoms with Crippen molar-refractivity contribution < 1.29 is 32.0 Å². The highest BCUT2D eigenvalue weighted by Gasteiger charge is 2.90. The molecule has 0 spiro atoms. The average molecular weight is 443 g/mol. The van der Waals surface area contributed by atoms with E-state index in [2.05, 4.69) is 15.0 Å². The topological polar surface area (TPSA) is 133 Å². The van der Waals surface area contributed by atoms with E-state index in [1.165, 1.54) is 17.8 Å². The molecule has 0 amide bonds. The second kappa shape index (κ2) is 6.10. The Morgan fingerprint density at radius 1 is 1.47 bits per heavy atom. The molecule has 1 aliphatic carbocycles. The molecule has 30 heavy (non-hydrogen) atoms. The van der Waals surface area contributed by atoms with Gasteiger partial charge in [0.25, 0.3) is 0 Å². The van der Waals surface area contributed by atoms with Gasteiger partial charge in [-0.3, -0.25) is 18.1 Å². The number of aromatic nitrogens is 4. The second-order valence-electron chi connectivity index (χ2n) is 8.15. The maximum Gasteiger partial charge on any atom is 0.475 e. The van der Waals surface area contributed by atoms with Gasteiger partial charge in [0.05, 0.1) is 25.6 Å². The number of halogens is 1. The van der Waals surface area contributed by atoms with Crippen molar-refractivity contribution in [3.63, 3.8) is 0 Å². The number of phosphoric ester groups is 1. The first kappa shape index (κ1) is 20.1. The lowest BCUT2D eigenvalue weighted by molar-refractivity contribution is -0.0957. The fraction of sp³-hybridized carbons (Fsp3) is 0.706. The number of nitrogens with zero attached hydrogens (tertiary/aromatic N) is 4. The van der Waals surface area contributed by atoms with E-state index in [1.807, 2.05) is 0 Å². The van der Waals surface area contributed by atoms with E-state index < -0.39 is 37.0 Å². The standard InChI is InChI=1S/C17H23FN5O6P/c1-5-25-12-10-11(21-14(19)22-12)23(8-20-10)13-15(4,18)17-6-16(17,27-13)7-26-30(24,29-17)28-9(2)3/h8-9,13H,5-7H2,1-4H3,(H2,19,21,22)/t13-,15+,16-,17+,30-/m1/s1. The number of nitrogens with two attached hydrogens (primary N) is 1. The van der Waals surface area contributed by atoms with Gasteiger partial charge in [0.2, 0.25) is 11.8 Å². The van der Waals surface area contributed by atoms with Gasteiger partial charge in [-0.2, -0.15) is 9.97 Å². The Balaban J connectivity index is 1.55. The molecule has 0 aromatic carbocycles. The molecule has 2 saturated heterocycles. The molecule has 4 heterocycles. The zero-order chi connectivity index (χ0) is 21.5. The van der Waals surface area contributed by atoms with Crippen LogP contribution in [0.25, 0.3) is 11.2 Å². The van der Waals surface area contributed by atoms with Crippen LogP contribution >= 0.6 is 7.82 Å². The summed E-state index contributed by atoms with van der Waals surface area (Å²) in [5.41, 5.74) is 1.76. The van der Waals surface area contributed by atoms with Gasteiger partial charge in [-0.25, -0.2) is 13.9 Å². The van der Waals surface area contributed by atoms with E-state index in [4.69, 9.17) is 28.8 Å². The highest BCUT2D eigenvalue weighted by atomic mass is 31.2. The van der Waals surface area contributed by atoms with Crippen molar-refractivity contribution >= 4 is 24.9 Å². The van der Waals surface area contributed by atoms with Crippen molar-refractivity contribution in [3.05, 3.63) is 6.33 Å². The Hall–Kier alpha value is -1.85. The third kappa shape index (κ3) is 2.51. The molecule has 2 aromatic heterocycles. The van der Waals surface area contributed by atoms with Crippen LogP contribution in [0, 0.1) is 0 Å². The summed E-state index contributed by atoms with van der Waals surface area (Å²) in [7, 11) is -3.94. The lowest BCUT2D eigenvalue weighted by Crippen LogP contribution is -2.46. The molecule has 1 saturated carbocycles. The summed E-state index contributed by atoms with van der Waals surface area (Å²) >= 11 is 0. The first-order valence-corrected chi connectivity index (χ1v) is 11.2. The van der Waals surface area contributed by atoms with Gasteiger partial charge in [-0.05, 0) is 27.7 Å². The number of imidazole rings is 1. The van der Waals surface area contributed by atoms with Crippen molar-refractivity contribution in [1.29, 1.82) is 0 Å². The minimum atomic E-state index is -3.94. The molecule has 3 aliphatic rings. The van der Waals surface area contributed by atoms with Gasteiger partial charge in [-0.15, -0.1) is 0 Å². The number of hydrogen-bond acceptors (Lipinski definition) is 10. The smallest absolute Gasteiger partial charge is 0.475 e. The first-order chi connectivity index (χ1) is 14.1. The number of fused-ring (bicyclic) bond motifs is 1. The van der Waals surface area contributed by atoms with E-state index >= 15 is 4.39 Å². The second-order valence-corrected chi connectivity index (χ2v) is 9.70. The summed E-state index contributed by atoms with van der Waals surface area (Å²) < 4.78 is 58.6. The minimum absolute atomic E-state index is 0.0421. The Morgan fingerprint density at radius 3 is 2.93 bits per heavy atom. The molecule has 2 aliphatic heterocycles. The molecular weight excluding hydrogens is 420 g/mol. The first-order valence-electron chi connectivity index (χ1n) is 9.70. The van der Waals surface area contributed by atoms with Crippen molar-refractivity contribution in [1.82, 2.24) is 19.5 Å². The Kier molecular flexibility index (Phi) is 4.08. The molecule has 2 N–H and O–H groups in total. The minimum Gasteiger partial charge on any atom is -0.476 e. The van der Waals surface area contributed by atoms with Crippen LogP contribution in [0.15, 0.2) is 6.33 Å². The average Bonchev–Trinajstić information content (AvgIpc) is 3.04. The Labute approximate surface area is 171 Å². The van der Waals surface area contributed by atoms with Gasteiger partial charge < -0.3 is 15.2 Å². The Morgan fingerprint density at radius 2 is 2.23 bits per heavy atom. The lowest BCUT2D eigenvalue weighted by Gasteiger charge is -2.34. The molecule has 0 radical (unpaired) electrons. The van der Waals surface area contributed by atoms with E-state index in [-0.39, 0.29) is 30.5 Å². The molecule has 5 rings (SSSR count). The maximum absolute atomic E-state index is 16.3. The third-order valence-corrected chi connectivity index (χ3v) is 7.40. The molecule has 0 unspecified atom stereocenters. The summed E-state index contributed by atoms with van der Waals surface area (Å²) in [4.78, 5) is 12.5. The fourth-order valence-corrected chi connectivity index (χ4v) is 6.22. The van der Waals surface area contributed by atoms with Crippen molar-refractivity contribution in [3.8, 4) is 5.88 Å². The number of alkyl halides is 1. The number of phosphoric acid groups is 1. The zero-order valence-electron chi connectivity index (χ0n) is 17.0. The van der Waals surface area contributed by atoms with Gasteiger partial charge >= 0.3 is 7.82 Å². The van der Waals surface area contributed by atoms with Crippen LogP contribution in [0.4, 0.5) is 10.3 Å². The molecule has 164 valence electrons. The molecular formula is C17H23FN5O6P. The summed E-state index contributed by atoms with van der Waals surface area (Å²) in [6, 6.07) is 0. The predicted molar refractivity (Wildman–Crippen MR) is 101 cm³/mol. The normalized spacial score (nSPS) is 39.9. The van der Waals surface area contributed by atoms with Crippen molar-refractivity contribution in [2.24, 2.45) is 0 Å². The van der Waals surface area contributed by atoms with Crippen LogP contribution in [0.2, 0.25) is 0 Å². The molecule has 13 heteroatoms. The zero-order valence-corrected chi connectivity index (χ0v) is 17.9. The van der Waals surface area contributed by atoms with E-state index in [0.717, 1.165) is 0 Å². The molecule has 2 aromatic rings. The number of ether oxygens (including phenoxy) is 2. The fourth-order valence-electron chi connectivity index (χ4n) is 4.39. The highest BCUT2D eigenvalue weighted by molar-refractivity contribution is 7.48. The largest absolute Gasteiger partial charge is 0.476 e. The molecule has 3 fully saturated rings. The van der Waals surface area contributed by atoms with Crippen LogP contribution in [-0.2, 0) is 22.9 Å². The monoisotopic (exact) mass is 443 g/mol. The Bertz CT molecular complexity index is 1080. The van der Waals surface area contributed by atoms with E-state index in [9.17, 15) is 4.57 Å². The molecule has 11 nitrogen and oxygen atoms in total. The van der Waals surface area contributed by atoms with Crippen molar-refractivity contribution in [2.75, 3.05) is 18.9 Å². The molecule has 0 bridgehead atoms. The quantitative estimate of drug-likeness (QED) is 0.687. The van der Waals surface area contributed by atoms with E-state index in [1.54, 1.807) is 20.8 Å². The maximum atomic E-state index is 16.3. The predicted octanol–water partition coefficient (Wildman–Crippen LogP) is 2.53. The summed E-state index contributed by atoms with van der Waals surface area (Å²) in [5.74, 6) is 0.158. The van der Waals surface area contributed by atoms with Crippen molar-refractivity contribution in [2.45, 2.75) is 63.3 Å². The van der Waals surface area contributed by atoms with Gasteiger partial charge in [0.15, 0.2) is 28.7 Å². The van der Waals surface area contributed by atoms with Gasteiger partial charge in [0, 0.05) is 6.42 Å². The lowest BCUT2D eigenvalue weighted by atomic mass is 9.96. The number of rotatable bonds is 5. The third-order valence-electron chi connectivity index (χ3n) is 5.74. The number of nitrogen functional groups attached to an aromatic ring is 1. The van der Waals surface area contributed by atoms with Crippen LogP contribution in [-0.4, -0.2) is 55.7 Å². The number of hydrogen-bond donors (Lipinski definition) is 1. The highest BCUT2D eigenvalue weighted by Crippen LogP contribution is 2.78. The van der Waals surface area contributed by atoms with Crippen LogP contribution in [0.3, 0.4) is 0 Å². The van der Waals surface area contributed by atoms with Gasteiger partial charge in [-0.1, -0.05) is 0 Å². The summed E-state index contributed by atoms with van der Waals surface area (Å²) in [6.07, 6.45) is -0.00658. The van der Waals surface area contributed by atoms with E-state index in [0.29, 0.717) is 12.1 Å². The summed E-state index contributed by atoms with van der Waals surface area (Å²) in [6.45, 7) is 6.77. The number of anilines is 1. The molecule has 5 atom stereocenters.